The molecule has 0 aromatic heterocycles. The molecule has 0 unspecified atom stereocenters. The molecule has 1 rings (SSSR count). The average Bonchev–Trinajstić information content (AvgIpc) is 2.09. The van der Waals surface area contributed by atoms with E-state index in [2.05, 4.69) is 26.7 Å². The van der Waals surface area contributed by atoms with Crippen LogP contribution in [0.3, 0.4) is 0 Å². The van der Waals surface area contributed by atoms with E-state index in [1.165, 1.54) is 0 Å². The highest BCUT2D eigenvalue weighted by Crippen LogP contribution is 2.25. The summed E-state index contributed by atoms with van der Waals surface area (Å²) in [5, 5.41) is 0.756. The minimum absolute atomic E-state index is 0.252. The highest BCUT2D eigenvalue weighted by atomic mass is 79.9. The third-order valence-electron chi connectivity index (χ3n) is 1.25. The van der Waals surface area contributed by atoms with Gasteiger partial charge in [-0.3, -0.25) is 0 Å². The van der Waals surface area contributed by atoms with E-state index in [0.29, 0.717) is 4.47 Å². The van der Waals surface area contributed by atoms with Gasteiger partial charge in [-0.1, -0.05) is 18.7 Å². The Labute approximate surface area is 85.3 Å². The predicted molar refractivity (Wildman–Crippen MR) is 53.9 cm³/mol. The van der Waals surface area contributed by atoms with Crippen molar-refractivity contribution in [1.29, 1.82) is 0 Å². The van der Waals surface area contributed by atoms with Crippen molar-refractivity contribution in [3.63, 3.8) is 0 Å². The van der Waals surface area contributed by atoms with E-state index in [1.54, 1.807) is 24.3 Å². The van der Waals surface area contributed by atoms with Crippen LogP contribution in [-0.2, 0) is 10.1 Å². The lowest BCUT2D eigenvalue weighted by Gasteiger charge is -2.03. The Balaban J connectivity index is 3.00. The highest BCUT2D eigenvalue weighted by molar-refractivity contribution is 9.10. The molecule has 0 aliphatic rings. The third kappa shape index (κ3) is 2.86. The van der Waals surface area contributed by atoms with Crippen molar-refractivity contribution in [1.82, 2.24) is 0 Å². The van der Waals surface area contributed by atoms with Crippen molar-refractivity contribution >= 4 is 26.0 Å². The molecule has 0 radical (unpaired) electrons. The lowest BCUT2D eigenvalue weighted by molar-refractivity contribution is 0.495. The third-order valence-corrected chi connectivity index (χ3v) is 2.72. The molecule has 0 aliphatic carbocycles. The van der Waals surface area contributed by atoms with Gasteiger partial charge in [0.2, 0.25) is 0 Å². The second-order valence-corrected chi connectivity index (χ2v) is 4.51. The Hall–Kier alpha value is -0.810. The molecule has 13 heavy (non-hydrogen) atoms. The first-order chi connectivity index (χ1) is 6.05. The molecule has 5 heteroatoms. The van der Waals surface area contributed by atoms with Crippen LogP contribution in [0.2, 0.25) is 0 Å². The lowest BCUT2D eigenvalue weighted by atomic mass is 10.3. The van der Waals surface area contributed by atoms with Gasteiger partial charge in [-0.25, -0.2) is 0 Å². The molecule has 0 amide bonds. The maximum absolute atomic E-state index is 11.0. The van der Waals surface area contributed by atoms with Gasteiger partial charge in [0.15, 0.2) is 5.75 Å². The van der Waals surface area contributed by atoms with Crippen LogP contribution in [0.4, 0.5) is 0 Å². The van der Waals surface area contributed by atoms with Crippen molar-refractivity contribution in [2.24, 2.45) is 0 Å². The van der Waals surface area contributed by atoms with Gasteiger partial charge >= 0.3 is 10.1 Å². The SMILES string of the molecule is C=CS(=O)(=O)Oc1ccccc1Br. The Morgan fingerprint density at radius 1 is 1.38 bits per heavy atom. The number of benzene rings is 1. The zero-order valence-electron chi connectivity index (χ0n) is 6.60. The summed E-state index contributed by atoms with van der Waals surface area (Å²) in [7, 11) is -3.66. The fourth-order valence-electron chi connectivity index (χ4n) is 0.671. The molecule has 0 heterocycles. The second-order valence-electron chi connectivity index (χ2n) is 2.17. The van der Waals surface area contributed by atoms with Crippen LogP contribution in [0.25, 0.3) is 0 Å². The van der Waals surface area contributed by atoms with E-state index in [1.807, 2.05) is 0 Å². The van der Waals surface area contributed by atoms with Gasteiger partial charge in [0.05, 0.1) is 9.88 Å². The molecule has 0 fully saturated rings. The molecule has 0 atom stereocenters. The van der Waals surface area contributed by atoms with Crippen molar-refractivity contribution in [2.45, 2.75) is 0 Å². The summed E-state index contributed by atoms with van der Waals surface area (Å²) in [6.45, 7) is 3.13. The first kappa shape index (κ1) is 10.3. The van der Waals surface area contributed by atoms with E-state index in [9.17, 15) is 8.42 Å². The quantitative estimate of drug-likeness (QED) is 0.786. The summed E-state index contributed by atoms with van der Waals surface area (Å²) in [5.74, 6) is 0.252. The fraction of sp³-hybridized carbons (Fsp3) is 0. The molecule has 0 saturated carbocycles. The summed E-state index contributed by atoms with van der Waals surface area (Å²) in [6, 6.07) is 6.68. The molecule has 3 nitrogen and oxygen atoms in total. The van der Waals surface area contributed by atoms with Crippen LogP contribution in [0.15, 0.2) is 40.7 Å². The first-order valence-corrected chi connectivity index (χ1v) is 5.63. The molecular formula is C8H7BrO3S. The maximum atomic E-state index is 11.0. The van der Waals surface area contributed by atoms with Gasteiger partial charge in [-0.15, -0.1) is 0 Å². The van der Waals surface area contributed by atoms with Gasteiger partial charge < -0.3 is 4.18 Å². The minimum atomic E-state index is -3.66. The Bertz CT molecular complexity index is 411. The fourth-order valence-corrected chi connectivity index (χ4v) is 1.61. The van der Waals surface area contributed by atoms with Gasteiger partial charge in [0, 0.05) is 0 Å². The summed E-state index contributed by atoms with van der Waals surface area (Å²) in [5.41, 5.74) is 0. The molecule has 1 aromatic rings. The number of para-hydroxylation sites is 1. The molecule has 0 spiro atoms. The topological polar surface area (TPSA) is 43.4 Å². The standard InChI is InChI=1S/C8H7BrO3S/c1-2-13(10,11)12-8-6-4-3-5-7(8)9/h2-6H,1H2. The van der Waals surface area contributed by atoms with Gasteiger partial charge in [0.1, 0.15) is 0 Å². The summed E-state index contributed by atoms with van der Waals surface area (Å²) >= 11 is 3.15. The number of halogens is 1. The van der Waals surface area contributed by atoms with Crippen molar-refractivity contribution < 1.29 is 12.6 Å². The largest absolute Gasteiger partial charge is 0.378 e. The van der Waals surface area contributed by atoms with Gasteiger partial charge in [0.25, 0.3) is 0 Å². The zero-order chi connectivity index (χ0) is 9.90. The van der Waals surface area contributed by atoms with Gasteiger partial charge in [-0.05, 0) is 28.1 Å². The van der Waals surface area contributed by atoms with E-state index < -0.39 is 10.1 Å². The summed E-state index contributed by atoms with van der Waals surface area (Å²) in [6.07, 6.45) is 0. The smallest absolute Gasteiger partial charge is 0.331 e. The van der Waals surface area contributed by atoms with Crippen LogP contribution >= 0.6 is 15.9 Å². The van der Waals surface area contributed by atoms with E-state index in [0.717, 1.165) is 5.41 Å². The van der Waals surface area contributed by atoms with Crippen LogP contribution in [0.5, 0.6) is 5.75 Å². The van der Waals surface area contributed by atoms with E-state index >= 15 is 0 Å². The van der Waals surface area contributed by atoms with Crippen molar-refractivity contribution in [2.75, 3.05) is 0 Å². The molecule has 0 saturated heterocycles. The van der Waals surface area contributed by atoms with E-state index in [-0.39, 0.29) is 5.75 Å². The van der Waals surface area contributed by atoms with E-state index in [4.69, 9.17) is 0 Å². The Morgan fingerprint density at radius 2 is 2.00 bits per heavy atom. The minimum Gasteiger partial charge on any atom is -0.378 e. The summed E-state index contributed by atoms with van der Waals surface area (Å²) < 4.78 is 27.2. The molecule has 0 bridgehead atoms. The normalized spacial score (nSPS) is 10.8. The number of hydrogen-bond acceptors (Lipinski definition) is 3. The summed E-state index contributed by atoms with van der Waals surface area (Å²) in [4.78, 5) is 0. The van der Waals surface area contributed by atoms with Gasteiger partial charge in [-0.2, -0.15) is 8.42 Å². The molecule has 1 aromatic carbocycles. The Morgan fingerprint density at radius 3 is 2.54 bits per heavy atom. The average molecular weight is 263 g/mol. The predicted octanol–water partition coefficient (Wildman–Crippen LogP) is 2.30. The monoisotopic (exact) mass is 262 g/mol. The lowest BCUT2D eigenvalue weighted by Crippen LogP contribution is -2.04. The highest BCUT2D eigenvalue weighted by Gasteiger charge is 2.08. The Kier molecular flexibility index (Phi) is 3.11. The van der Waals surface area contributed by atoms with Crippen LogP contribution in [0.1, 0.15) is 0 Å². The molecule has 0 aliphatic heterocycles. The molecule has 70 valence electrons. The van der Waals surface area contributed by atoms with Crippen LogP contribution < -0.4 is 4.18 Å². The second kappa shape index (κ2) is 3.93. The number of rotatable bonds is 3. The molecular weight excluding hydrogens is 256 g/mol. The van der Waals surface area contributed by atoms with Crippen molar-refractivity contribution in [3.8, 4) is 5.75 Å². The van der Waals surface area contributed by atoms with Crippen LogP contribution in [0, 0.1) is 0 Å². The van der Waals surface area contributed by atoms with Crippen LogP contribution in [-0.4, -0.2) is 8.42 Å². The van der Waals surface area contributed by atoms with Crippen molar-refractivity contribution in [3.05, 3.63) is 40.7 Å². The molecule has 0 N–H and O–H groups in total. The zero-order valence-corrected chi connectivity index (χ0v) is 9.01. The first-order valence-electron chi connectivity index (χ1n) is 3.36. The maximum Gasteiger partial charge on any atom is 0.331 e. The number of hydrogen-bond donors (Lipinski definition) is 0.